The van der Waals surface area contributed by atoms with E-state index in [-0.39, 0.29) is 0 Å². The fourth-order valence-corrected chi connectivity index (χ4v) is 1.20. The maximum Gasteiger partial charge on any atom is 0.332 e. The van der Waals surface area contributed by atoms with E-state index in [4.69, 9.17) is 5.11 Å². The van der Waals surface area contributed by atoms with Crippen LogP contribution in [0.15, 0.2) is 11.8 Å². The van der Waals surface area contributed by atoms with Crippen molar-refractivity contribution in [2.24, 2.45) is 0 Å². The second-order valence-electron chi connectivity index (χ2n) is 2.86. The van der Waals surface area contributed by atoms with Crippen molar-refractivity contribution in [1.82, 2.24) is 4.90 Å². The number of hydrogen-bond acceptors (Lipinski definition) is 2. The summed E-state index contributed by atoms with van der Waals surface area (Å²) < 4.78 is 0. The monoisotopic (exact) mass is 155 g/mol. The molecule has 11 heavy (non-hydrogen) atoms. The molecule has 1 N–H and O–H groups in total. The highest BCUT2D eigenvalue weighted by Gasteiger charge is 2.09. The van der Waals surface area contributed by atoms with Gasteiger partial charge in [-0.1, -0.05) is 0 Å². The predicted octanol–water partition coefficient (Wildman–Crippen LogP) is 1.07. The first-order valence-corrected chi connectivity index (χ1v) is 3.86. The molecule has 1 rings (SSSR count). The van der Waals surface area contributed by atoms with Crippen LogP contribution in [0.4, 0.5) is 0 Å². The first kappa shape index (κ1) is 8.11. The predicted molar refractivity (Wildman–Crippen MR) is 42.2 cm³/mol. The standard InChI is InChI=1S/C8H13NO2/c1-7(8(10)11)6-9-4-2-3-5-9/h6H,2-5H2,1H3,(H,10,11). The molecule has 1 fully saturated rings. The molecule has 1 heterocycles. The van der Waals surface area contributed by atoms with E-state index in [2.05, 4.69) is 4.90 Å². The highest BCUT2D eigenvalue weighted by Crippen LogP contribution is 2.09. The van der Waals surface area contributed by atoms with Gasteiger partial charge in [-0.05, 0) is 19.8 Å². The Hall–Kier alpha value is -0.990. The normalized spacial score (nSPS) is 19.0. The summed E-state index contributed by atoms with van der Waals surface area (Å²) >= 11 is 0. The van der Waals surface area contributed by atoms with Crippen molar-refractivity contribution >= 4 is 5.97 Å². The third kappa shape index (κ3) is 2.26. The van der Waals surface area contributed by atoms with Gasteiger partial charge in [-0.3, -0.25) is 0 Å². The molecule has 0 atom stereocenters. The van der Waals surface area contributed by atoms with Gasteiger partial charge in [-0.25, -0.2) is 4.79 Å². The molecule has 1 aliphatic heterocycles. The van der Waals surface area contributed by atoms with Crippen LogP contribution in [0.25, 0.3) is 0 Å². The van der Waals surface area contributed by atoms with E-state index in [0.29, 0.717) is 5.57 Å². The molecule has 0 spiro atoms. The van der Waals surface area contributed by atoms with Crippen LogP contribution in [0.1, 0.15) is 19.8 Å². The number of likely N-dealkylation sites (tertiary alicyclic amines) is 1. The first-order valence-electron chi connectivity index (χ1n) is 3.86. The number of carboxylic acid groups (broad SMARTS) is 1. The number of carboxylic acids is 1. The summed E-state index contributed by atoms with van der Waals surface area (Å²) in [4.78, 5) is 12.5. The zero-order chi connectivity index (χ0) is 8.27. The third-order valence-corrected chi connectivity index (χ3v) is 1.85. The Morgan fingerprint density at radius 1 is 1.45 bits per heavy atom. The lowest BCUT2D eigenvalue weighted by Gasteiger charge is -2.10. The molecule has 0 aromatic rings. The van der Waals surface area contributed by atoms with Gasteiger partial charge in [0.2, 0.25) is 0 Å². The van der Waals surface area contributed by atoms with Gasteiger partial charge in [-0.2, -0.15) is 0 Å². The molecule has 0 bridgehead atoms. The van der Waals surface area contributed by atoms with Crippen molar-refractivity contribution in [3.8, 4) is 0 Å². The fourth-order valence-electron chi connectivity index (χ4n) is 1.20. The van der Waals surface area contributed by atoms with E-state index in [1.807, 2.05) is 0 Å². The average molecular weight is 155 g/mol. The van der Waals surface area contributed by atoms with E-state index in [1.165, 1.54) is 12.8 Å². The molecule has 3 heteroatoms. The van der Waals surface area contributed by atoms with Crippen LogP contribution in [-0.2, 0) is 4.79 Å². The SMILES string of the molecule is CC(=CN1CCCC1)C(=O)O. The molecule has 0 amide bonds. The van der Waals surface area contributed by atoms with E-state index < -0.39 is 5.97 Å². The van der Waals surface area contributed by atoms with Crippen molar-refractivity contribution in [3.63, 3.8) is 0 Å². The quantitative estimate of drug-likeness (QED) is 0.606. The average Bonchev–Trinajstić information content (AvgIpc) is 2.39. The summed E-state index contributed by atoms with van der Waals surface area (Å²) in [5.74, 6) is -0.822. The highest BCUT2D eigenvalue weighted by molar-refractivity contribution is 5.85. The van der Waals surface area contributed by atoms with E-state index >= 15 is 0 Å². The Balaban J connectivity index is 2.49. The van der Waals surface area contributed by atoms with Gasteiger partial charge in [0.15, 0.2) is 0 Å². The fraction of sp³-hybridized carbons (Fsp3) is 0.625. The summed E-state index contributed by atoms with van der Waals surface area (Å²) in [6.07, 6.45) is 4.10. The summed E-state index contributed by atoms with van der Waals surface area (Å²) in [5.41, 5.74) is 0.423. The second kappa shape index (κ2) is 3.42. The number of hydrogen-bond donors (Lipinski definition) is 1. The molecular weight excluding hydrogens is 142 g/mol. The maximum absolute atomic E-state index is 10.4. The van der Waals surface area contributed by atoms with Crippen LogP contribution in [0.5, 0.6) is 0 Å². The zero-order valence-corrected chi connectivity index (χ0v) is 6.71. The molecule has 0 unspecified atom stereocenters. The lowest BCUT2D eigenvalue weighted by Crippen LogP contribution is -2.13. The van der Waals surface area contributed by atoms with Crippen LogP contribution >= 0.6 is 0 Å². The molecule has 62 valence electrons. The Labute approximate surface area is 66.3 Å². The van der Waals surface area contributed by atoms with Gasteiger partial charge >= 0.3 is 5.97 Å². The van der Waals surface area contributed by atoms with Crippen LogP contribution in [0.3, 0.4) is 0 Å². The van der Waals surface area contributed by atoms with Gasteiger partial charge in [-0.15, -0.1) is 0 Å². The van der Waals surface area contributed by atoms with Gasteiger partial charge in [0.05, 0.1) is 0 Å². The summed E-state index contributed by atoms with van der Waals surface area (Å²) in [7, 11) is 0. The number of aliphatic carboxylic acids is 1. The molecule has 0 aromatic carbocycles. The van der Waals surface area contributed by atoms with Crippen molar-refractivity contribution in [3.05, 3.63) is 11.8 Å². The third-order valence-electron chi connectivity index (χ3n) is 1.85. The van der Waals surface area contributed by atoms with Crippen molar-refractivity contribution in [2.45, 2.75) is 19.8 Å². The Morgan fingerprint density at radius 3 is 2.45 bits per heavy atom. The minimum atomic E-state index is -0.822. The van der Waals surface area contributed by atoms with E-state index in [9.17, 15) is 4.79 Å². The van der Waals surface area contributed by atoms with E-state index in [0.717, 1.165) is 13.1 Å². The van der Waals surface area contributed by atoms with Gasteiger partial charge in [0.25, 0.3) is 0 Å². The molecule has 1 saturated heterocycles. The molecule has 0 saturated carbocycles. The first-order chi connectivity index (χ1) is 5.20. The molecule has 1 aliphatic rings. The highest BCUT2D eigenvalue weighted by atomic mass is 16.4. The Morgan fingerprint density at radius 2 is 2.00 bits per heavy atom. The zero-order valence-electron chi connectivity index (χ0n) is 6.71. The van der Waals surface area contributed by atoms with Crippen LogP contribution in [0, 0.1) is 0 Å². The maximum atomic E-state index is 10.4. The second-order valence-corrected chi connectivity index (χ2v) is 2.86. The lowest BCUT2D eigenvalue weighted by atomic mass is 10.3. The lowest BCUT2D eigenvalue weighted by molar-refractivity contribution is -0.132. The number of rotatable bonds is 2. The van der Waals surface area contributed by atoms with Crippen LogP contribution in [0.2, 0.25) is 0 Å². The van der Waals surface area contributed by atoms with Crippen molar-refractivity contribution in [2.75, 3.05) is 13.1 Å². The van der Waals surface area contributed by atoms with Crippen LogP contribution < -0.4 is 0 Å². The molecular formula is C8H13NO2. The molecule has 0 radical (unpaired) electrons. The largest absolute Gasteiger partial charge is 0.478 e. The molecule has 3 nitrogen and oxygen atoms in total. The molecule has 0 aromatic heterocycles. The Kier molecular flexibility index (Phi) is 2.52. The summed E-state index contributed by atoms with van der Waals surface area (Å²) in [6.45, 7) is 3.63. The van der Waals surface area contributed by atoms with Crippen LogP contribution in [-0.4, -0.2) is 29.1 Å². The van der Waals surface area contributed by atoms with Gasteiger partial charge in [0.1, 0.15) is 0 Å². The smallest absolute Gasteiger partial charge is 0.332 e. The van der Waals surface area contributed by atoms with Gasteiger partial charge < -0.3 is 10.0 Å². The summed E-state index contributed by atoms with van der Waals surface area (Å²) in [6, 6.07) is 0. The number of carbonyl (C=O) groups is 1. The van der Waals surface area contributed by atoms with Crippen molar-refractivity contribution in [1.29, 1.82) is 0 Å². The van der Waals surface area contributed by atoms with E-state index in [1.54, 1.807) is 13.1 Å². The minimum absolute atomic E-state index is 0.423. The minimum Gasteiger partial charge on any atom is -0.478 e. The van der Waals surface area contributed by atoms with Crippen molar-refractivity contribution < 1.29 is 9.90 Å². The summed E-state index contributed by atoms with van der Waals surface area (Å²) in [5, 5.41) is 8.55. The topological polar surface area (TPSA) is 40.5 Å². The Bertz CT molecular complexity index is 181. The molecule has 0 aliphatic carbocycles. The number of nitrogens with zero attached hydrogens (tertiary/aromatic N) is 1. The van der Waals surface area contributed by atoms with Gasteiger partial charge in [0, 0.05) is 24.9 Å².